The number of rotatable bonds is 6. The number of anilines is 1. The van der Waals surface area contributed by atoms with Gasteiger partial charge in [0, 0.05) is 18.8 Å². The molecule has 146 valence electrons. The van der Waals surface area contributed by atoms with Crippen LogP contribution in [0.5, 0.6) is 5.75 Å². The highest BCUT2D eigenvalue weighted by Crippen LogP contribution is 2.26. The highest BCUT2D eigenvalue weighted by Gasteiger charge is 2.21. The van der Waals surface area contributed by atoms with Gasteiger partial charge in [0.25, 0.3) is 10.0 Å². The summed E-state index contributed by atoms with van der Waals surface area (Å²) in [6.45, 7) is 5.49. The zero-order valence-corrected chi connectivity index (χ0v) is 16.1. The molecule has 2 aromatic rings. The zero-order valence-electron chi connectivity index (χ0n) is 15.3. The first-order chi connectivity index (χ1) is 12.9. The SMILES string of the molecule is CCN1CCOC(c2ccc(NS(=O)(=O)c3ccc(OC)c(F)c3)cc2)C1. The molecule has 1 aliphatic rings. The molecule has 1 unspecified atom stereocenters. The number of benzene rings is 2. The Kier molecular flexibility index (Phi) is 5.98. The fourth-order valence-electron chi connectivity index (χ4n) is 2.99. The van der Waals surface area contributed by atoms with E-state index in [1.807, 2.05) is 12.1 Å². The smallest absolute Gasteiger partial charge is 0.262 e. The second kappa shape index (κ2) is 8.24. The highest BCUT2D eigenvalue weighted by atomic mass is 32.2. The van der Waals surface area contributed by atoms with Crippen molar-refractivity contribution in [2.75, 3.05) is 38.1 Å². The molecule has 3 rings (SSSR count). The van der Waals surface area contributed by atoms with Gasteiger partial charge >= 0.3 is 0 Å². The van der Waals surface area contributed by atoms with Crippen LogP contribution in [0.1, 0.15) is 18.6 Å². The molecule has 0 bridgehead atoms. The standard InChI is InChI=1S/C19H23FN2O4S/c1-3-22-10-11-26-19(13-22)14-4-6-15(7-5-14)21-27(23,24)16-8-9-18(25-2)17(20)12-16/h4-9,12,19,21H,3,10-11,13H2,1-2H3. The number of halogens is 1. The van der Waals surface area contributed by atoms with E-state index in [1.165, 1.54) is 19.2 Å². The van der Waals surface area contributed by atoms with Crippen molar-refractivity contribution in [2.24, 2.45) is 0 Å². The van der Waals surface area contributed by atoms with Gasteiger partial charge in [-0.1, -0.05) is 19.1 Å². The molecule has 0 spiro atoms. The Morgan fingerprint density at radius 2 is 2.00 bits per heavy atom. The van der Waals surface area contributed by atoms with Crippen LogP contribution >= 0.6 is 0 Å². The lowest BCUT2D eigenvalue weighted by Gasteiger charge is -2.32. The lowest BCUT2D eigenvalue weighted by Crippen LogP contribution is -2.38. The van der Waals surface area contributed by atoms with Gasteiger partial charge in [-0.15, -0.1) is 0 Å². The quantitative estimate of drug-likeness (QED) is 0.816. The lowest BCUT2D eigenvalue weighted by molar-refractivity contribution is -0.0281. The molecule has 27 heavy (non-hydrogen) atoms. The van der Waals surface area contributed by atoms with Gasteiger partial charge in [0.1, 0.15) is 0 Å². The molecule has 0 aromatic heterocycles. The first-order valence-corrected chi connectivity index (χ1v) is 10.2. The van der Waals surface area contributed by atoms with E-state index in [-0.39, 0.29) is 16.7 Å². The summed E-state index contributed by atoms with van der Waals surface area (Å²) < 4.78 is 51.8. The summed E-state index contributed by atoms with van der Waals surface area (Å²) in [6, 6.07) is 10.6. The van der Waals surface area contributed by atoms with E-state index < -0.39 is 15.8 Å². The van der Waals surface area contributed by atoms with E-state index in [9.17, 15) is 12.8 Å². The number of morpholine rings is 1. The zero-order chi connectivity index (χ0) is 19.4. The number of ether oxygens (including phenoxy) is 2. The molecular weight excluding hydrogens is 371 g/mol. The summed E-state index contributed by atoms with van der Waals surface area (Å²) in [5, 5.41) is 0. The fourth-order valence-corrected chi connectivity index (χ4v) is 4.06. The number of hydrogen-bond acceptors (Lipinski definition) is 5. The highest BCUT2D eigenvalue weighted by molar-refractivity contribution is 7.92. The van der Waals surface area contributed by atoms with E-state index in [1.54, 1.807) is 12.1 Å². The van der Waals surface area contributed by atoms with E-state index in [2.05, 4.69) is 16.5 Å². The van der Waals surface area contributed by atoms with Crippen LogP contribution in [0.2, 0.25) is 0 Å². The maximum absolute atomic E-state index is 13.8. The fraction of sp³-hybridized carbons (Fsp3) is 0.368. The number of methoxy groups -OCH3 is 1. The maximum Gasteiger partial charge on any atom is 0.262 e. The number of sulfonamides is 1. The predicted molar refractivity (Wildman–Crippen MR) is 101 cm³/mol. The Balaban J connectivity index is 1.73. The molecule has 0 aliphatic carbocycles. The van der Waals surface area contributed by atoms with Gasteiger partial charge in [-0.25, -0.2) is 12.8 Å². The van der Waals surface area contributed by atoms with Crippen LogP contribution in [0, 0.1) is 5.82 Å². The van der Waals surface area contributed by atoms with Gasteiger partial charge in [0.2, 0.25) is 0 Å². The minimum Gasteiger partial charge on any atom is -0.494 e. The summed E-state index contributed by atoms with van der Waals surface area (Å²) in [5.74, 6) is -0.738. The summed E-state index contributed by atoms with van der Waals surface area (Å²) in [4.78, 5) is 2.14. The van der Waals surface area contributed by atoms with Crippen molar-refractivity contribution >= 4 is 15.7 Å². The van der Waals surface area contributed by atoms with Gasteiger partial charge in [0.05, 0.1) is 24.7 Å². The number of nitrogens with zero attached hydrogens (tertiary/aromatic N) is 1. The summed E-state index contributed by atoms with van der Waals surface area (Å²) in [5.41, 5.74) is 1.39. The van der Waals surface area contributed by atoms with E-state index in [0.29, 0.717) is 12.3 Å². The normalized spacial score (nSPS) is 18.3. The summed E-state index contributed by atoms with van der Waals surface area (Å²) >= 11 is 0. The van der Waals surface area contributed by atoms with Gasteiger partial charge in [-0.3, -0.25) is 9.62 Å². The Labute approximate surface area is 159 Å². The average Bonchev–Trinajstić information content (AvgIpc) is 2.68. The van der Waals surface area contributed by atoms with Crippen LogP contribution in [-0.4, -0.2) is 46.7 Å². The minimum absolute atomic E-state index is 0.00749. The monoisotopic (exact) mass is 394 g/mol. The van der Waals surface area contributed by atoms with E-state index in [4.69, 9.17) is 9.47 Å². The van der Waals surface area contributed by atoms with Crippen LogP contribution in [0.4, 0.5) is 10.1 Å². The molecule has 0 radical (unpaired) electrons. The Hall–Kier alpha value is -2.16. The third-order valence-electron chi connectivity index (χ3n) is 4.57. The molecule has 1 heterocycles. The third-order valence-corrected chi connectivity index (χ3v) is 5.94. The molecule has 1 saturated heterocycles. The van der Waals surface area contributed by atoms with Crippen molar-refractivity contribution < 1.29 is 22.3 Å². The van der Waals surface area contributed by atoms with E-state index >= 15 is 0 Å². The molecule has 1 atom stereocenters. The van der Waals surface area contributed by atoms with E-state index in [0.717, 1.165) is 31.3 Å². The molecule has 8 heteroatoms. The van der Waals surface area contributed by atoms with Crippen molar-refractivity contribution in [2.45, 2.75) is 17.9 Å². The largest absolute Gasteiger partial charge is 0.494 e. The van der Waals surface area contributed by atoms with Crippen molar-refractivity contribution in [1.29, 1.82) is 0 Å². The van der Waals surface area contributed by atoms with Crippen molar-refractivity contribution in [1.82, 2.24) is 4.90 Å². The van der Waals surface area contributed by atoms with Crippen LogP contribution < -0.4 is 9.46 Å². The van der Waals surface area contributed by atoms with Crippen molar-refractivity contribution in [3.8, 4) is 5.75 Å². The molecular formula is C19H23FN2O4S. The first kappa shape index (κ1) is 19.6. The molecule has 0 amide bonds. The van der Waals surface area contributed by atoms with Gasteiger partial charge in [-0.2, -0.15) is 0 Å². The molecule has 1 fully saturated rings. The second-order valence-corrected chi connectivity index (χ2v) is 7.96. The minimum atomic E-state index is -3.90. The first-order valence-electron chi connectivity index (χ1n) is 8.73. The van der Waals surface area contributed by atoms with Crippen molar-refractivity contribution in [3.05, 3.63) is 53.8 Å². The summed E-state index contributed by atoms with van der Waals surface area (Å²) in [7, 11) is -2.57. The van der Waals surface area contributed by atoms with Crippen molar-refractivity contribution in [3.63, 3.8) is 0 Å². The lowest BCUT2D eigenvalue weighted by atomic mass is 10.1. The Morgan fingerprint density at radius 1 is 1.26 bits per heavy atom. The van der Waals surface area contributed by atoms with Gasteiger partial charge < -0.3 is 9.47 Å². The van der Waals surface area contributed by atoms with Crippen LogP contribution in [0.3, 0.4) is 0 Å². The third kappa shape index (κ3) is 4.58. The predicted octanol–water partition coefficient (Wildman–Crippen LogP) is 3.03. The average molecular weight is 394 g/mol. The van der Waals surface area contributed by atoms with Crippen LogP contribution in [0.15, 0.2) is 47.4 Å². The van der Waals surface area contributed by atoms with Gasteiger partial charge in [0.15, 0.2) is 11.6 Å². The topological polar surface area (TPSA) is 67.9 Å². The number of likely N-dealkylation sites (N-methyl/N-ethyl adjacent to an activating group) is 1. The van der Waals surface area contributed by atoms with Gasteiger partial charge in [-0.05, 0) is 42.4 Å². The molecule has 1 aliphatic heterocycles. The molecule has 0 saturated carbocycles. The molecule has 2 aromatic carbocycles. The van der Waals surface area contributed by atoms with Crippen LogP contribution in [-0.2, 0) is 14.8 Å². The molecule has 1 N–H and O–H groups in total. The Bertz CT molecular complexity index is 887. The molecule has 6 nitrogen and oxygen atoms in total. The number of hydrogen-bond donors (Lipinski definition) is 1. The second-order valence-electron chi connectivity index (χ2n) is 6.28. The number of nitrogens with one attached hydrogen (secondary N) is 1. The summed E-state index contributed by atoms with van der Waals surface area (Å²) in [6.07, 6.45) is -0.0277. The van der Waals surface area contributed by atoms with Crippen LogP contribution in [0.25, 0.3) is 0 Å². The Morgan fingerprint density at radius 3 is 2.63 bits per heavy atom. The maximum atomic E-state index is 13.8.